The van der Waals surface area contributed by atoms with E-state index in [2.05, 4.69) is 45.0 Å². The predicted molar refractivity (Wildman–Crippen MR) is 99.1 cm³/mol. The van der Waals surface area contributed by atoms with Gasteiger partial charge in [0.05, 0.1) is 6.04 Å². The summed E-state index contributed by atoms with van der Waals surface area (Å²) in [6, 6.07) is 4.90. The van der Waals surface area contributed by atoms with Crippen LogP contribution < -0.4 is 10.6 Å². The molecule has 23 heavy (non-hydrogen) atoms. The molecule has 0 radical (unpaired) electrons. The first kappa shape index (κ1) is 16.8. The molecule has 1 atom stereocenters. The van der Waals surface area contributed by atoms with Crippen LogP contribution in [0.1, 0.15) is 43.5 Å². The Labute approximate surface area is 144 Å². The van der Waals surface area contributed by atoms with Gasteiger partial charge in [-0.2, -0.15) is 0 Å². The zero-order valence-corrected chi connectivity index (χ0v) is 15.2. The van der Waals surface area contributed by atoms with E-state index in [1.54, 1.807) is 0 Å². The number of thiophene rings is 1. The minimum absolute atomic E-state index is 0.460. The van der Waals surface area contributed by atoms with Crippen LogP contribution in [-0.4, -0.2) is 44.1 Å². The Morgan fingerprint density at radius 1 is 1.30 bits per heavy atom. The van der Waals surface area contributed by atoms with Crippen molar-refractivity contribution < 1.29 is 0 Å². The third-order valence-electron chi connectivity index (χ3n) is 5.07. The number of likely N-dealkylation sites (tertiary alicyclic amines) is 1. The summed E-state index contributed by atoms with van der Waals surface area (Å²) in [6.07, 6.45) is 5.37. The van der Waals surface area contributed by atoms with Crippen molar-refractivity contribution in [1.29, 1.82) is 0 Å². The van der Waals surface area contributed by atoms with E-state index in [1.807, 2.05) is 18.4 Å². The Morgan fingerprint density at radius 2 is 2.09 bits per heavy atom. The van der Waals surface area contributed by atoms with E-state index in [1.165, 1.54) is 43.6 Å². The lowest BCUT2D eigenvalue weighted by Crippen LogP contribution is -2.45. The molecule has 2 N–H and O–H groups in total. The lowest BCUT2D eigenvalue weighted by molar-refractivity contribution is 0.140. The fraction of sp³-hybridized carbons (Fsp3) is 0.722. The smallest absolute Gasteiger partial charge is 0.191 e. The fourth-order valence-corrected chi connectivity index (χ4v) is 4.07. The van der Waals surface area contributed by atoms with Crippen LogP contribution in [-0.2, 0) is 0 Å². The van der Waals surface area contributed by atoms with Gasteiger partial charge in [0.2, 0.25) is 0 Å². The van der Waals surface area contributed by atoms with Gasteiger partial charge in [-0.1, -0.05) is 13.0 Å². The quantitative estimate of drug-likeness (QED) is 0.620. The lowest BCUT2D eigenvalue weighted by atomic mass is 9.97. The molecule has 0 bridgehead atoms. The Bertz CT molecular complexity index is 487. The van der Waals surface area contributed by atoms with Crippen LogP contribution in [0.2, 0.25) is 0 Å². The van der Waals surface area contributed by atoms with Crippen molar-refractivity contribution in [2.75, 3.05) is 33.2 Å². The second kappa shape index (κ2) is 8.15. The van der Waals surface area contributed by atoms with Gasteiger partial charge in [-0.05, 0) is 62.1 Å². The summed E-state index contributed by atoms with van der Waals surface area (Å²) in [5.41, 5.74) is 0. The van der Waals surface area contributed by atoms with Gasteiger partial charge in [0, 0.05) is 25.0 Å². The maximum absolute atomic E-state index is 4.38. The normalized spacial score (nSPS) is 22.1. The average molecular weight is 335 g/mol. The van der Waals surface area contributed by atoms with E-state index in [0.717, 1.165) is 30.9 Å². The molecule has 5 heteroatoms. The largest absolute Gasteiger partial charge is 0.356 e. The Morgan fingerprint density at radius 3 is 2.70 bits per heavy atom. The summed E-state index contributed by atoms with van der Waals surface area (Å²) in [5, 5.41) is 9.21. The van der Waals surface area contributed by atoms with Crippen molar-refractivity contribution in [2.24, 2.45) is 16.8 Å². The van der Waals surface area contributed by atoms with E-state index < -0.39 is 0 Å². The number of hydrogen-bond donors (Lipinski definition) is 2. The molecule has 1 saturated heterocycles. The molecule has 2 heterocycles. The number of nitrogens with zero attached hydrogens (tertiary/aromatic N) is 2. The van der Waals surface area contributed by atoms with Crippen LogP contribution >= 0.6 is 11.3 Å². The molecule has 0 spiro atoms. The fourth-order valence-electron chi connectivity index (χ4n) is 3.21. The first-order valence-electron chi connectivity index (χ1n) is 8.98. The standard InChI is InChI=1S/C18H30N4S/c1-14-7-9-22(10-8-14)16(17-4-3-11-23-17)13-21-18(19-2)20-12-15-5-6-15/h3-4,11,14-16H,5-10,12-13H2,1-2H3,(H2,19,20,21). The maximum Gasteiger partial charge on any atom is 0.191 e. The van der Waals surface area contributed by atoms with Crippen molar-refractivity contribution in [3.05, 3.63) is 22.4 Å². The van der Waals surface area contributed by atoms with Crippen LogP contribution in [0, 0.1) is 11.8 Å². The first-order chi connectivity index (χ1) is 11.3. The lowest BCUT2D eigenvalue weighted by Gasteiger charge is -2.36. The topological polar surface area (TPSA) is 39.7 Å². The van der Waals surface area contributed by atoms with Gasteiger partial charge in [0.15, 0.2) is 5.96 Å². The highest BCUT2D eigenvalue weighted by atomic mass is 32.1. The molecule has 2 fully saturated rings. The second-order valence-corrected chi connectivity index (χ2v) is 8.01. The van der Waals surface area contributed by atoms with Crippen LogP contribution in [0.15, 0.2) is 22.5 Å². The highest BCUT2D eigenvalue weighted by Crippen LogP contribution is 2.29. The summed E-state index contributed by atoms with van der Waals surface area (Å²) in [4.78, 5) is 8.49. The molecule has 0 aromatic carbocycles. The number of rotatable bonds is 6. The van der Waals surface area contributed by atoms with E-state index in [4.69, 9.17) is 0 Å². The average Bonchev–Trinajstić information content (AvgIpc) is 3.24. The van der Waals surface area contributed by atoms with Gasteiger partial charge in [-0.3, -0.25) is 9.89 Å². The number of nitrogens with one attached hydrogen (secondary N) is 2. The molecule has 0 amide bonds. The van der Waals surface area contributed by atoms with Crippen molar-refractivity contribution in [3.8, 4) is 0 Å². The molecule has 128 valence electrons. The Kier molecular flexibility index (Phi) is 5.95. The van der Waals surface area contributed by atoms with Crippen LogP contribution in [0.3, 0.4) is 0 Å². The highest BCUT2D eigenvalue weighted by Gasteiger charge is 2.26. The van der Waals surface area contributed by atoms with Crippen molar-refractivity contribution in [2.45, 2.75) is 38.6 Å². The van der Waals surface area contributed by atoms with Crippen LogP contribution in [0.4, 0.5) is 0 Å². The third-order valence-corrected chi connectivity index (χ3v) is 6.05. The van der Waals surface area contributed by atoms with Gasteiger partial charge in [-0.25, -0.2) is 0 Å². The minimum atomic E-state index is 0.460. The molecule has 1 saturated carbocycles. The molecular formula is C18H30N4S. The van der Waals surface area contributed by atoms with Crippen LogP contribution in [0.5, 0.6) is 0 Å². The predicted octanol–water partition coefficient (Wildman–Crippen LogP) is 3.10. The molecule has 2 aliphatic rings. The number of piperidine rings is 1. The zero-order valence-electron chi connectivity index (χ0n) is 14.4. The van der Waals surface area contributed by atoms with Crippen molar-refractivity contribution >= 4 is 17.3 Å². The van der Waals surface area contributed by atoms with Crippen molar-refractivity contribution in [3.63, 3.8) is 0 Å². The SMILES string of the molecule is CN=C(NCC1CC1)NCC(c1cccs1)N1CCC(C)CC1. The van der Waals surface area contributed by atoms with E-state index in [-0.39, 0.29) is 0 Å². The Hall–Kier alpha value is -1.07. The summed E-state index contributed by atoms with van der Waals surface area (Å²) in [5.74, 6) is 2.69. The summed E-state index contributed by atoms with van der Waals surface area (Å²) in [7, 11) is 1.87. The number of hydrogen-bond acceptors (Lipinski definition) is 3. The molecule has 4 nitrogen and oxygen atoms in total. The van der Waals surface area contributed by atoms with Gasteiger partial charge >= 0.3 is 0 Å². The third kappa shape index (κ3) is 4.95. The summed E-state index contributed by atoms with van der Waals surface area (Å²) >= 11 is 1.87. The minimum Gasteiger partial charge on any atom is -0.356 e. The number of guanidine groups is 1. The molecular weight excluding hydrogens is 304 g/mol. The van der Waals surface area contributed by atoms with E-state index in [9.17, 15) is 0 Å². The maximum atomic E-state index is 4.38. The van der Waals surface area contributed by atoms with Gasteiger partial charge < -0.3 is 10.6 Å². The van der Waals surface area contributed by atoms with Crippen LogP contribution in [0.25, 0.3) is 0 Å². The molecule has 3 rings (SSSR count). The first-order valence-corrected chi connectivity index (χ1v) is 9.86. The number of aliphatic imine (C=N–C) groups is 1. The molecule has 1 aromatic rings. The molecule has 1 aromatic heterocycles. The molecule has 1 aliphatic carbocycles. The summed E-state index contributed by atoms with van der Waals surface area (Å²) in [6.45, 7) is 6.78. The Balaban J connectivity index is 1.57. The zero-order chi connectivity index (χ0) is 16.1. The highest BCUT2D eigenvalue weighted by molar-refractivity contribution is 7.10. The molecule has 1 unspecified atom stereocenters. The second-order valence-electron chi connectivity index (χ2n) is 7.03. The summed E-state index contributed by atoms with van der Waals surface area (Å²) < 4.78 is 0. The van der Waals surface area contributed by atoms with E-state index in [0.29, 0.717) is 6.04 Å². The van der Waals surface area contributed by atoms with Gasteiger partial charge in [0.25, 0.3) is 0 Å². The van der Waals surface area contributed by atoms with Gasteiger partial charge in [-0.15, -0.1) is 11.3 Å². The monoisotopic (exact) mass is 334 g/mol. The van der Waals surface area contributed by atoms with Crippen molar-refractivity contribution in [1.82, 2.24) is 15.5 Å². The van der Waals surface area contributed by atoms with Gasteiger partial charge in [0.1, 0.15) is 0 Å². The van der Waals surface area contributed by atoms with E-state index >= 15 is 0 Å². The molecule has 1 aliphatic heterocycles.